The first-order valence-electron chi connectivity index (χ1n) is 6.40. The number of methoxy groups -OCH3 is 1. The van der Waals surface area contributed by atoms with Gasteiger partial charge in [-0.15, -0.1) is 0 Å². The monoisotopic (exact) mass is 417 g/mol. The molecule has 5 nitrogen and oxygen atoms in total. The Bertz CT molecular complexity index is 669. The number of benzene rings is 1. The van der Waals surface area contributed by atoms with Gasteiger partial charge in [-0.1, -0.05) is 0 Å². The number of aromatic nitrogens is 2. The molecule has 2 N–H and O–H groups in total. The number of hydrogen-bond acceptors (Lipinski definition) is 4. The zero-order valence-corrected chi connectivity index (χ0v) is 15.4. The van der Waals surface area contributed by atoms with E-state index in [4.69, 9.17) is 15.2 Å². The molecule has 21 heavy (non-hydrogen) atoms. The maximum atomic E-state index is 6.07. The Kier molecular flexibility index (Phi) is 4.83. The summed E-state index contributed by atoms with van der Waals surface area (Å²) in [5, 5.41) is 4.41. The lowest BCUT2D eigenvalue weighted by atomic mass is 10.3. The number of nitrogens with two attached hydrogens (primary N) is 1. The summed E-state index contributed by atoms with van der Waals surface area (Å²) in [6.07, 6.45) is 0. The summed E-state index contributed by atoms with van der Waals surface area (Å²) < 4.78 is 14.6. The van der Waals surface area contributed by atoms with Gasteiger partial charge in [0.2, 0.25) is 5.88 Å². The van der Waals surface area contributed by atoms with Crippen molar-refractivity contribution in [2.75, 3.05) is 12.8 Å². The number of nitrogen functional groups attached to an aromatic ring is 1. The third-order valence-corrected chi connectivity index (χ3v) is 4.23. The van der Waals surface area contributed by atoms with Gasteiger partial charge in [-0.25, -0.2) is 4.68 Å². The normalized spacial score (nSPS) is 11.0. The molecular weight excluding hydrogens is 402 g/mol. The van der Waals surface area contributed by atoms with Gasteiger partial charge in [-0.2, -0.15) is 5.10 Å². The van der Waals surface area contributed by atoms with Crippen molar-refractivity contribution in [2.45, 2.75) is 26.8 Å². The smallest absolute Gasteiger partial charge is 0.241 e. The quantitative estimate of drug-likeness (QED) is 0.782. The van der Waals surface area contributed by atoms with E-state index >= 15 is 0 Å². The maximum absolute atomic E-state index is 6.07. The zero-order valence-electron chi connectivity index (χ0n) is 12.3. The fraction of sp³-hybridized carbons (Fsp3) is 0.357. The van der Waals surface area contributed by atoms with Crippen LogP contribution in [0.5, 0.6) is 17.4 Å². The first-order valence-corrected chi connectivity index (χ1v) is 7.99. The molecule has 0 unspecified atom stereocenters. The Morgan fingerprint density at radius 3 is 2.33 bits per heavy atom. The van der Waals surface area contributed by atoms with Crippen LogP contribution in [0.15, 0.2) is 21.1 Å². The van der Waals surface area contributed by atoms with Crippen LogP contribution in [-0.2, 0) is 0 Å². The topological polar surface area (TPSA) is 62.3 Å². The highest BCUT2D eigenvalue weighted by molar-refractivity contribution is 9.11. The highest BCUT2D eigenvalue weighted by Gasteiger charge is 2.19. The highest BCUT2D eigenvalue weighted by atomic mass is 79.9. The van der Waals surface area contributed by atoms with Gasteiger partial charge in [0, 0.05) is 0 Å². The lowest BCUT2D eigenvalue weighted by molar-refractivity contribution is 0.384. The summed E-state index contributed by atoms with van der Waals surface area (Å²) in [6, 6.07) is 3.81. The number of aryl methyl sites for hydroxylation is 1. The van der Waals surface area contributed by atoms with Crippen LogP contribution in [0.4, 0.5) is 5.69 Å². The van der Waals surface area contributed by atoms with Crippen LogP contribution >= 0.6 is 31.9 Å². The van der Waals surface area contributed by atoms with Gasteiger partial charge < -0.3 is 15.2 Å². The van der Waals surface area contributed by atoms with E-state index in [9.17, 15) is 0 Å². The summed E-state index contributed by atoms with van der Waals surface area (Å²) in [4.78, 5) is 0. The van der Waals surface area contributed by atoms with Crippen LogP contribution in [0.2, 0.25) is 0 Å². The minimum atomic E-state index is 0.150. The average Bonchev–Trinajstić information content (AvgIpc) is 2.71. The lowest BCUT2D eigenvalue weighted by Crippen LogP contribution is -2.05. The van der Waals surface area contributed by atoms with E-state index in [0.717, 1.165) is 20.4 Å². The second-order valence-corrected chi connectivity index (χ2v) is 6.57. The Balaban J connectivity index is 2.46. The van der Waals surface area contributed by atoms with Gasteiger partial charge in [0.1, 0.15) is 17.2 Å². The number of rotatable bonds is 4. The fourth-order valence-electron chi connectivity index (χ4n) is 1.84. The van der Waals surface area contributed by atoms with Crippen molar-refractivity contribution in [1.29, 1.82) is 0 Å². The summed E-state index contributed by atoms with van der Waals surface area (Å²) in [5.41, 5.74) is 7.37. The van der Waals surface area contributed by atoms with Crippen molar-refractivity contribution in [1.82, 2.24) is 9.78 Å². The fourth-order valence-corrected chi connectivity index (χ4v) is 2.73. The number of anilines is 1. The van der Waals surface area contributed by atoms with E-state index in [1.165, 1.54) is 0 Å². The molecule has 1 heterocycles. The first-order chi connectivity index (χ1) is 9.85. The van der Waals surface area contributed by atoms with Crippen molar-refractivity contribution in [3.8, 4) is 17.4 Å². The molecule has 0 bridgehead atoms. The molecule has 0 fully saturated rings. The SMILES string of the molecule is COc1cc(Br)c(Oc2c(N)c(C)nn2C(C)C)cc1Br. The van der Waals surface area contributed by atoms with E-state index in [1.807, 2.05) is 32.9 Å². The van der Waals surface area contributed by atoms with E-state index in [2.05, 4.69) is 37.0 Å². The standard InChI is InChI=1S/C14H17Br2N3O2/c1-7(2)19-14(13(17)8(3)18-19)21-12-6-9(15)11(20-4)5-10(12)16/h5-7H,17H2,1-4H3. The summed E-state index contributed by atoms with van der Waals surface area (Å²) in [5.74, 6) is 1.90. The third kappa shape index (κ3) is 3.18. The van der Waals surface area contributed by atoms with Crippen LogP contribution in [0, 0.1) is 6.92 Å². The molecule has 1 aromatic heterocycles. The first kappa shape index (κ1) is 16.2. The molecule has 0 saturated carbocycles. The van der Waals surface area contributed by atoms with Crippen molar-refractivity contribution in [3.05, 3.63) is 26.8 Å². The molecule has 0 saturated heterocycles. The maximum Gasteiger partial charge on any atom is 0.241 e. The molecule has 0 atom stereocenters. The van der Waals surface area contributed by atoms with E-state index in [1.54, 1.807) is 11.8 Å². The van der Waals surface area contributed by atoms with Gasteiger partial charge in [0.05, 0.1) is 27.8 Å². The number of halogens is 2. The molecular formula is C14H17Br2N3O2. The molecule has 0 amide bonds. The molecule has 0 aliphatic carbocycles. The average molecular weight is 419 g/mol. The van der Waals surface area contributed by atoms with E-state index in [0.29, 0.717) is 17.3 Å². The number of nitrogens with zero attached hydrogens (tertiary/aromatic N) is 2. The van der Waals surface area contributed by atoms with Crippen LogP contribution in [0.3, 0.4) is 0 Å². The largest absolute Gasteiger partial charge is 0.496 e. The number of hydrogen-bond donors (Lipinski definition) is 1. The van der Waals surface area contributed by atoms with E-state index in [-0.39, 0.29) is 6.04 Å². The summed E-state index contributed by atoms with van der Waals surface area (Å²) in [6.45, 7) is 5.91. The summed E-state index contributed by atoms with van der Waals surface area (Å²) >= 11 is 6.92. The Morgan fingerprint density at radius 1 is 1.19 bits per heavy atom. The molecule has 2 rings (SSSR count). The van der Waals surface area contributed by atoms with Gasteiger partial charge in [0.25, 0.3) is 0 Å². The molecule has 0 spiro atoms. The Labute approximate surface area is 140 Å². The van der Waals surface area contributed by atoms with Gasteiger partial charge in [-0.05, 0) is 64.8 Å². The van der Waals surface area contributed by atoms with Gasteiger partial charge >= 0.3 is 0 Å². The predicted molar refractivity (Wildman–Crippen MR) is 90.2 cm³/mol. The lowest BCUT2D eigenvalue weighted by Gasteiger charge is -2.14. The minimum Gasteiger partial charge on any atom is -0.496 e. The molecule has 1 aromatic carbocycles. The van der Waals surface area contributed by atoms with Crippen molar-refractivity contribution in [3.63, 3.8) is 0 Å². The van der Waals surface area contributed by atoms with Crippen molar-refractivity contribution >= 4 is 37.5 Å². The highest BCUT2D eigenvalue weighted by Crippen LogP contribution is 2.40. The van der Waals surface area contributed by atoms with Crippen molar-refractivity contribution < 1.29 is 9.47 Å². The zero-order chi connectivity index (χ0) is 15.7. The molecule has 0 aliphatic heterocycles. The number of ether oxygens (including phenoxy) is 2. The third-order valence-electron chi connectivity index (χ3n) is 2.99. The Morgan fingerprint density at radius 2 is 1.76 bits per heavy atom. The molecule has 114 valence electrons. The Hall–Kier alpha value is -1.21. The second-order valence-electron chi connectivity index (χ2n) is 4.86. The van der Waals surface area contributed by atoms with Crippen LogP contribution in [0.1, 0.15) is 25.6 Å². The molecule has 0 aliphatic rings. The minimum absolute atomic E-state index is 0.150. The van der Waals surface area contributed by atoms with Gasteiger partial charge in [0.15, 0.2) is 0 Å². The van der Waals surface area contributed by atoms with Crippen LogP contribution in [-0.4, -0.2) is 16.9 Å². The van der Waals surface area contributed by atoms with Crippen LogP contribution in [0.25, 0.3) is 0 Å². The second kappa shape index (κ2) is 6.27. The molecule has 7 heteroatoms. The van der Waals surface area contributed by atoms with Crippen LogP contribution < -0.4 is 15.2 Å². The van der Waals surface area contributed by atoms with Gasteiger partial charge in [-0.3, -0.25) is 0 Å². The molecule has 2 aromatic rings. The molecule has 0 radical (unpaired) electrons. The van der Waals surface area contributed by atoms with E-state index < -0.39 is 0 Å². The summed E-state index contributed by atoms with van der Waals surface area (Å²) in [7, 11) is 1.61. The van der Waals surface area contributed by atoms with Crippen molar-refractivity contribution in [2.24, 2.45) is 0 Å². The predicted octanol–water partition coefficient (Wildman–Crippen LogP) is 4.68.